The van der Waals surface area contributed by atoms with Crippen LogP contribution < -0.4 is 9.47 Å². The van der Waals surface area contributed by atoms with E-state index in [2.05, 4.69) is 0 Å². The summed E-state index contributed by atoms with van der Waals surface area (Å²) in [6.45, 7) is 4.49. The quantitative estimate of drug-likeness (QED) is 0.587. The molecule has 1 N–H and O–H groups in total. The van der Waals surface area contributed by atoms with Gasteiger partial charge < -0.3 is 14.6 Å². The van der Waals surface area contributed by atoms with E-state index >= 15 is 0 Å². The molecule has 0 spiro atoms. The number of alkyl halides is 3. The Morgan fingerprint density at radius 3 is 1.72 bits per heavy atom. The highest BCUT2D eigenvalue weighted by Gasteiger charge is 2.57. The molecule has 1 aliphatic carbocycles. The van der Waals surface area contributed by atoms with Crippen LogP contribution in [0.25, 0.3) is 12.2 Å². The fourth-order valence-electron chi connectivity index (χ4n) is 3.62. The number of ether oxygens (including phenoxy) is 2. The highest BCUT2D eigenvalue weighted by molar-refractivity contribution is 6.14. The van der Waals surface area contributed by atoms with Crippen LogP contribution in [-0.2, 0) is 4.79 Å². The molecule has 2 aromatic carbocycles. The van der Waals surface area contributed by atoms with E-state index in [1.165, 1.54) is 12.2 Å². The van der Waals surface area contributed by atoms with E-state index in [9.17, 15) is 23.1 Å². The lowest BCUT2D eigenvalue weighted by molar-refractivity contribution is -0.260. The third-order valence-corrected chi connectivity index (χ3v) is 5.10. The fourth-order valence-corrected chi connectivity index (χ4v) is 3.62. The Morgan fingerprint density at radius 1 is 0.906 bits per heavy atom. The van der Waals surface area contributed by atoms with Gasteiger partial charge in [-0.2, -0.15) is 13.2 Å². The highest BCUT2D eigenvalue weighted by Crippen LogP contribution is 2.45. The summed E-state index contributed by atoms with van der Waals surface area (Å²) in [6.07, 6.45) is -3.77. The van der Waals surface area contributed by atoms with E-state index in [1.54, 1.807) is 48.5 Å². The molecule has 0 saturated heterocycles. The molecule has 0 unspecified atom stereocenters. The molecule has 0 aromatic heterocycles. The summed E-state index contributed by atoms with van der Waals surface area (Å²) in [5.74, 6) is 0.557. The van der Waals surface area contributed by atoms with Crippen LogP contribution >= 0.6 is 0 Å². The number of carbonyl (C=O) groups is 1. The topological polar surface area (TPSA) is 55.8 Å². The van der Waals surface area contributed by atoms with Gasteiger partial charge in [-0.05, 0) is 61.4 Å². The summed E-state index contributed by atoms with van der Waals surface area (Å²) in [4.78, 5) is 13.1. The van der Waals surface area contributed by atoms with Crippen molar-refractivity contribution in [3.8, 4) is 11.5 Å². The van der Waals surface area contributed by atoms with Crippen molar-refractivity contribution in [1.82, 2.24) is 0 Å². The van der Waals surface area contributed by atoms with E-state index in [4.69, 9.17) is 9.47 Å². The normalized spacial score (nSPS) is 21.8. The molecule has 1 saturated carbocycles. The third kappa shape index (κ3) is 5.40. The number of halogens is 3. The molecular weight excluding hydrogens is 421 g/mol. The molecule has 1 fully saturated rings. The van der Waals surface area contributed by atoms with E-state index in [0.717, 1.165) is 0 Å². The number of Topliss-reactive ketones (excluding diaryl/α,β-unsaturated/α-hetero) is 1. The standard InChI is InChI=1S/C25H25F3O4/c1-3-31-21-9-5-7-17(13-21)11-19-15-24(30,25(26,27)28)16-20(23(19)29)12-18-8-6-10-22(14-18)32-4-2/h5-14,30H,3-4,15-16H2,1-2H3/b19-11+,20-12+. The monoisotopic (exact) mass is 446 g/mol. The van der Waals surface area contributed by atoms with Gasteiger partial charge in [-0.1, -0.05) is 24.3 Å². The number of aliphatic hydroxyl groups is 1. The van der Waals surface area contributed by atoms with Gasteiger partial charge in [0, 0.05) is 24.0 Å². The van der Waals surface area contributed by atoms with Gasteiger partial charge in [0.1, 0.15) is 11.5 Å². The number of hydrogen-bond acceptors (Lipinski definition) is 4. The molecule has 0 heterocycles. The van der Waals surface area contributed by atoms with Gasteiger partial charge in [0.05, 0.1) is 13.2 Å². The third-order valence-electron chi connectivity index (χ3n) is 5.10. The second kappa shape index (κ2) is 9.61. The number of carbonyl (C=O) groups excluding carboxylic acids is 1. The highest BCUT2D eigenvalue weighted by atomic mass is 19.4. The van der Waals surface area contributed by atoms with Gasteiger partial charge in [0.2, 0.25) is 0 Å². The zero-order valence-electron chi connectivity index (χ0n) is 17.9. The molecule has 0 radical (unpaired) electrons. The van der Waals surface area contributed by atoms with Crippen LogP contribution in [0, 0.1) is 0 Å². The lowest BCUT2D eigenvalue weighted by Crippen LogP contribution is -2.49. The number of benzene rings is 2. The first kappa shape index (κ1) is 23.6. The molecule has 0 atom stereocenters. The number of rotatable bonds is 6. The van der Waals surface area contributed by atoms with E-state index in [-0.39, 0.29) is 11.1 Å². The average Bonchev–Trinajstić information content (AvgIpc) is 2.72. The van der Waals surface area contributed by atoms with Crippen molar-refractivity contribution in [2.45, 2.75) is 38.5 Å². The molecule has 0 amide bonds. The molecule has 170 valence electrons. The molecule has 1 aliphatic rings. The summed E-state index contributed by atoms with van der Waals surface area (Å²) in [7, 11) is 0. The summed E-state index contributed by atoms with van der Waals surface area (Å²) >= 11 is 0. The number of hydrogen-bond donors (Lipinski definition) is 1. The Morgan fingerprint density at radius 2 is 1.34 bits per heavy atom. The zero-order chi connectivity index (χ0) is 23.4. The molecule has 0 bridgehead atoms. The van der Waals surface area contributed by atoms with Crippen molar-refractivity contribution in [2.24, 2.45) is 0 Å². The second-order valence-electron chi connectivity index (χ2n) is 7.56. The van der Waals surface area contributed by atoms with E-state index in [1.807, 2.05) is 13.8 Å². The second-order valence-corrected chi connectivity index (χ2v) is 7.56. The van der Waals surface area contributed by atoms with Crippen LogP contribution in [-0.4, -0.2) is 35.9 Å². The molecule has 7 heteroatoms. The van der Waals surface area contributed by atoms with Gasteiger partial charge in [0.15, 0.2) is 11.4 Å². The Hall–Kier alpha value is -3.06. The fraction of sp³-hybridized carbons (Fsp3) is 0.320. The SMILES string of the molecule is CCOc1cccc(/C=C2\CC(O)(C(F)(F)F)C/C(=C\c3cccc(OCC)c3)C2=O)c1. The van der Waals surface area contributed by atoms with Gasteiger partial charge in [-0.25, -0.2) is 0 Å². The summed E-state index contributed by atoms with van der Waals surface area (Å²) in [5, 5.41) is 10.5. The van der Waals surface area contributed by atoms with Crippen molar-refractivity contribution in [3.63, 3.8) is 0 Å². The van der Waals surface area contributed by atoms with Gasteiger partial charge in [0.25, 0.3) is 0 Å². The van der Waals surface area contributed by atoms with Crippen molar-refractivity contribution < 1.29 is 32.5 Å². The Bertz CT molecular complexity index is 966. The van der Waals surface area contributed by atoms with Crippen molar-refractivity contribution in [3.05, 3.63) is 70.8 Å². The van der Waals surface area contributed by atoms with Gasteiger partial charge in [-0.15, -0.1) is 0 Å². The van der Waals surface area contributed by atoms with Crippen LogP contribution in [0.4, 0.5) is 13.2 Å². The van der Waals surface area contributed by atoms with Crippen molar-refractivity contribution in [2.75, 3.05) is 13.2 Å². The van der Waals surface area contributed by atoms with Gasteiger partial charge >= 0.3 is 6.18 Å². The molecule has 2 aromatic rings. The maximum atomic E-state index is 13.8. The minimum absolute atomic E-state index is 0.114. The summed E-state index contributed by atoms with van der Waals surface area (Å²) < 4.78 is 52.1. The Balaban J connectivity index is 2.04. The minimum Gasteiger partial charge on any atom is -0.494 e. The van der Waals surface area contributed by atoms with E-state index in [0.29, 0.717) is 35.8 Å². The molecular formula is C25H25F3O4. The van der Waals surface area contributed by atoms with Crippen LogP contribution in [0.5, 0.6) is 11.5 Å². The summed E-state index contributed by atoms with van der Waals surface area (Å²) in [6, 6.07) is 13.4. The predicted octanol–water partition coefficient (Wildman–Crippen LogP) is 5.61. The minimum atomic E-state index is -4.90. The van der Waals surface area contributed by atoms with Crippen LogP contribution in [0.3, 0.4) is 0 Å². The number of ketones is 1. The lowest BCUT2D eigenvalue weighted by atomic mass is 9.76. The first-order valence-electron chi connectivity index (χ1n) is 10.4. The average molecular weight is 446 g/mol. The van der Waals surface area contributed by atoms with Crippen LogP contribution in [0.2, 0.25) is 0 Å². The maximum absolute atomic E-state index is 13.8. The molecule has 3 rings (SSSR count). The first-order valence-corrected chi connectivity index (χ1v) is 10.4. The molecule has 32 heavy (non-hydrogen) atoms. The lowest BCUT2D eigenvalue weighted by Gasteiger charge is -2.35. The first-order chi connectivity index (χ1) is 15.1. The molecule has 0 aliphatic heterocycles. The van der Waals surface area contributed by atoms with Gasteiger partial charge in [-0.3, -0.25) is 4.79 Å². The Labute approximate surface area is 185 Å². The zero-order valence-corrected chi connectivity index (χ0v) is 17.9. The summed E-state index contributed by atoms with van der Waals surface area (Å²) in [5.41, 5.74) is -2.23. The van der Waals surface area contributed by atoms with Crippen molar-refractivity contribution >= 4 is 17.9 Å². The Kier molecular flexibility index (Phi) is 7.09. The smallest absolute Gasteiger partial charge is 0.417 e. The maximum Gasteiger partial charge on any atom is 0.417 e. The van der Waals surface area contributed by atoms with Crippen molar-refractivity contribution in [1.29, 1.82) is 0 Å². The predicted molar refractivity (Wildman–Crippen MR) is 116 cm³/mol. The van der Waals surface area contributed by atoms with Crippen LogP contribution in [0.15, 0.2) is 59.7 Å². The van der Waals surface area contributed by atoms with Crippen LogP contribution in [0.1, 0.15) is 37.8 Å². The largest absolute Gasteiger partial charge is 0.494 e. The van der Waals surface area contributed by atoms with E-state index < -0.39 is 30.4 Å². The molecule has 4 nitrogen and oxygen atoms in total.